The van der Waals surface area contributed by atoms with Crippen LogP contribution in [0.2, 0.25) is 0 Å². The van der Waals surface area contributed by atoms with Crippen LogP contribution in [-0.2, 0) is 0 Å². The summed E-state index contributed by atoms with van der Waals surface area (Å²) < 4.78 is 26.2. The van der Waals surface area contributed by atoms with Gasteiger partial charge in [-0.15, -0.1) is 0 Å². The third-order valence-electron chi connectivity index (χ3n) is 2.14. The van der Waals surface area contributed by atoms with Gasteiger partial charge in [0.2, 0.25) is 0 Å². The Morgan fingerprint density at radius 1 is 1.19 bits per heavy atom. The van der Waals surface area contributed by atoms with Crippen molar-refractivity contribution in [2.75, 3.05) is 0 Å². The largest absolute Gasteiger partial charge is 0.261 e. The molecule has 0 radical (unpaired) electrons. The molecule has 0 fully saturated rings. The predicted molar refractivity (Wildman–Crippen MR) is 54.3 cm³/mol. The monoisotopic (exact) mass is 216 g/mol. The van der Waals surface area contributed by atoms with E-state index in [-0.39, 0.29) is 5.56 Å². The first-order valence-corrected chi connectivity index (χ1v) is 4.52. The highest BCUT2D eigenvalue weighted by molar-refractivity contribution is 5.69. The lowest BCUT2D eigenvalue weighted by molar-refractivity contribution is 0.620. The summed E-state index contributed by atoms with van der Waals surface area (Å²) in [7, 11) is 0. The van der Waals surface area contributed by atoms with Crippen molar-refractivity contribution in [3.63, 3.8) is 0 Å². The van der Waals surface area contributed by atoms with Crippen molar-refractivity contribution in [1.29, 1.82) is 5.26 Å². The summed E-state index contributed by atoms with van der Waals surface area (Å²) >= 11 is 0. The Bertz CT molecular complexity index is 573. The molecule has 0 amide bonds. The molecule has 0 saturated heterocycles. The van der Waals surface area contributed by atoms with Gasteiger partial charge in [-0.2, -0.15) is 5.26 Å². The Kier molecular flexibility index (Phi) is 2.61. The fourth-order valence-electron chi connectivity index (χ4n) is 1.44. The maximum Gasteiger partial charge on any atom is 0.142 e. The molecule has 78 valence electrons. The van der Waals surface area contributed by atoms with Gasteiger partial charge in [0, 0.05) is 17.3 Å². The van der Waals surface area contributed by atoms with Crippen LogP contribution in [-0.4, -0.2) is 4.98 Å². The summed E-state index contributed by atoms with van der Waals surface area (Å²) in [4.78, 5) is 3.66. The summed E-state index contributed by atoms with van der Waals surface area (Å²) in [5.74, 6) is -1.14. The van der Waals surface area contributed by atoms with E-state index in [9.17, 15) is 8.78 Å². The summed E-state index contributed by atoms with van der Waals surface area (Å²) in [6.07, 6.45) is 2.44. The van der Waals surface area contributed by atoms with Crippen LogP contribution >= 0.6 is 0 Å². The Hall–Kier alpha value is -2.28. The minimum Gasteiger partial charge on any atom is -0.261 e. The maximum absolute atomic E-state index is 13.3. The maximum atomic E-state index is 13.3. The second kappa shape index (κ2) is 4.07. The second-order valence-electron chi connectivity index (χ2n) is 3.17. The lowest BCUT2D eigenvalue weighted by Gasteiger charge is -2.04. The van der Waals surface area contributed by atoms with E-state index in [1.807, 2.05) is 0 Å². The van der Waals surface area contributed by atoms with Gasteiger partial charge < -0.3 is 0 Å². The Morgan fingerprint density at radius 3 is 2.69 bits per heavy atom. The van der Waals surface area contributed by atoms with Gasteiger partial charge in [-0.3, -0.25) is 4.98 Å². The molecule has 1 heterocycles. The van der Waals surface area contributed by atoms with E-state index in [0.717, 1.165) is 6.20 Å². The Morgan fingerprint density at radius 2 is 2.00 bits per heavy atom. The topological polar surface area (TPSA) is 36.7 Å². The van der Waals surface area contributed by atoms with E-state index in [1.165, 1.54) is 24.4 Å². The smallest absolute Gasteiger partial charge is 0.142 e. The number of nitriles is 1. The van der Waals surface area contributed by atoms with Crippen molar-refractivity contribution < 1.29 is 8.78 Å². The van der Waals surface area contributed by atoms with Crippen LogP contribution in [0.5, 0.6) is 0 Å². The van der Waals surface area contributed by atoms with Crippen molar-refractivity contribution in [2.24, 2.45) is 0 Å². The zero-order chi connectivity index (χ0) is 11.5. The number of benzene rings is 1. The van der Waals surface area contributed by atoms with Gasteiger partial charge in [-0.1, -0.05) is 12.1 Å². The zero-order valence-electron chi connectivity index (χ0n) is 8.11. The van der Waals surface area contributed by atoms with Gasteiger partial charge in [0.25, 0.3) is 0 Å². The molecule has 0 N–H and O–H groups in total. The third kappa shape index (κ3) is 1.75. The lowest BCUT2D eigenvalue weighted by atomic mass is 10.0. The molecular weight excluding hydrogens is 210 g/mol. The van der Waals surface area contributed by atoms with Crippen LogP contribution in [0.25, 0.3) is 11.1 Å². The molecule has 0 atom stereocenters. The molecule has 0 saturated carbocycles. The molecular formula is C12H6F2N2. The van der Waals surface area contributed by atoms with Gasteiger partial charge in [0.1, 0.15) is 17.7 Å². The fraction of sp³-hybridized carbons (Fsp3) is 0. The standard InChI is InChI=1S/C12H6F2N2/c13-9-4-8(6-16-7-9)10-2-1-3-12(14)11(10)5-15/h1-4,6-7H. The van der Waals surface area contributed by atoms with E-state index >= 15 is 0 Å². The first-order chi connectivity index (χ1) is 7.72. The second-order valence-corrected chi connectivity index (χ2v) is 3.17. The molecule has 0 aliphatic heterocycles. The molecule has 0 bridgehead atoms. The zero-order valence-corrected chi connectivity index (χ0v) is 8.11. The van der Waals surface area contributed by atoms with Crippen LogP contribution in [0, 0.1) is 23.0 Å². The van der Waals surface area contributed by atoms with Crippen LogP contribution in [0.15, 0.2) is 36.7 Å². The summed E-state index contributed by atoms with van der Waals surface area (Å²) in [6.45, 7) is 0. The van der Waals surface area contributed by atoms with Crippen molar-refractivity contribution in [1.82, 2.24) is 4.98 Å². The van der Waals surface area contributed by atoms with Gasteiger partial charge in [-0.05, 0) is 12.1 Å². The molecule has 1 aromatic heterocycles. The number of halogens is 2. The van der Waals surface area contributed by atoms with Crippen molar-refractivity contribution in [2.45, 2.75) is 0 Å². The van der Waals surface area contributed by atoms with Gasteiger partial charge >= 0.3 is 0 Å². The molecule has 0 unspecified atom stereocenters. The number of nitrogens with zero attached hydrogens (tertiary/aromatic N) is 2. The highest BCUT2D eigenvalue weighted by Gasteiger charge is 2.10. The number of rotatable bonds is 1. The minimum atomic E-state index is -0.621. The number of aromatic nitrogens is 1. The average Bonchev–Trinajstić information content (AvgIpc) is 2.28. The SMILES string of the molecule is N#Cc1c(F)cccc1-c1cncc(F)c1. The molecule has 2 nitrogen and oxygen atoms in total. The van der Waals surface area contributed by atoms with E-state index < -0.39 is 11.6 Å². The van der Waals surface area contributed by atoms with Crippen molar-refractivity contribution in [3.8, 4) is 17.2 Å². The van der Waals surface area contributed by atoms with Crippen molar-refractivity contribution >= 4 is 0 Å². The molecule has 2 aromatic rings. The van der Waals surface area contributed by atoms with E-state index in [4.69, 9.17) is 5.26 Å². The summed E-state index contributed by atoms with van der Waals surface area (Å²) in [5.41, 5.74) is 0.625. The summed E-state index contributed by atoms with van der Waals surface area (Å²) in [5, 5.41) is 8.83. The molecule has 0 aliphatic rings. The molecule has 0 spiro atoms. The minimum absolute atomic E-state index is 0.102. The fourth-order valence-corrected chi connectivity index (χ4v) is 1.44. The third-order valence-corrected chi connectivity index (χ3v) is 2.14. The Labute approximate surface area is 90.8 Å². The van der Waals surface area contributed by atoms with Gasteiger partial charge in [-0.25, -0.2) is 8.78 Å². The molecule has 4 heteroatoms. The number of hydrogen-bond acceptors (Lipinski definition) is 2. The molecule has 2 rings (SSSR count). The van der Waals surface area contributed by atoms with Gasteiger partial charge in [0.05, 0.1) is 11.8 Å². The highest BCUT2D eigenvalue weighted by Crippen LogP contribution is 2.24. The highest BCUT2D eigenvalue weighted by atomic mass is 19.1. The van der Waals surface area contributed by atoms with Crippen LogP contribution in [0.1, 0.15) is 5.56 Å². The van der Waals surface area contributed by atoms with Crippen LogP contribution in [0.3, 0.4) is 0 Å². The number of hydrogen-bond donors (Lipinski definition) is 0. The Balaban J connectivity index is 2.66. The molecule has 0 aliphatic carbocycles. The van der Waals surface area contributed by atoms with E-state index in [1.54, 1.807) is 12.1 Å². The predicted octanol–water partition coefficient (Wildman–Crippen LogP) is 2.90. The number of pyridine rings is 1. The quantitative estimate of drug-likeness (QED) is 0.734. The van der Waals surface area contributed by atoms with E-state index in [0.29, 0.717) is 11.1 Å². The first-order valence-electron chi connectivity index (χ1n) is 4.52. The molecule has 16 heavy (non-hydrogen) atoms. The van der Waals surface area contributed by atoms with Gasteiger partial charge in [0.15, 0.2) is 0 Å². The average molecular weight is 216 g/mol. The summed E-state index contributed by atoms with van der Waals surface area (Å²) in [6, 6.07) is 7.18. The first kappa shape index (κ1) is 10.2. The molecule has 1 aromatic carbocycles. The van der Waals surface area contributed by atoms with Crippen molar-refractivity contribution in [3.05, 3.63) is 53.9 Å². The van der Waals surface area contributed by atoms with E-state index in [2.05, 4.69) is 4.98 Å². The normalized spacial score (nSPS) is 9.81. The van der Waals surface area contributed by atoms with Crippen LogP contribution < -0.4 is 0 Å². The van der Waals surface area contributed by atoms with Crippen LogP contribution in [0.4, 0.5) is 8.78 Å². The lowest BCUT2D eigenvalue weighted by Crippen LogP contribution is -1.90.